The largest absolute Gasteiger partial charge is 0.491 e. The number of furan rings is 1. The Morgan fingerprint density at radius 2 is 1.94 bits per heavy atom. The lowest BCUT2D eigenvalue weighted by Crippen LogP contribution is -2.38. The first-order chi connectivity index (χ1) is 15.8. The van der Waals surface area contributed by atoms with Gasteiger partial charge in [0.05, 0.1) is 19.4 Å². The van der Waals surface area contributed by atoms with Crippen LogP contribution in [0.25, 0.3) is 11.2 Å². The van der Waals surface area contributed by atoms with E-state index in [1.807, 2.05) is 32.0 Å². The molecule has 0 fully saturated rings. The van der Waals surface area contributed by atoms with Crippen LogP contribution < -0.4 is 21.3 Å². The normalized spacial score (nSPS) is 12.3. The summed E-state index contributed by atoms with van der Waals surface area (Å²) in [4.78, 5) is 29.8. The first-order valence-corrected chi connectivity index (χ1v) is 10.6. The van der Waals surface area contributed by atoms with Gasteiger partial charge in [0.15, 0.2) is 11.2 Å². The highest BCUT2D eigenvalue weighted by atomic mass is 16.5. The molecule has 3 heterocycles. The molecule has 0 bridgehead atoms. The maximum atomic E-state index is 12.9. The number of aliphatic hydroxyl groups is 1. The SMILES string of the molecule is Cc1ccc(OCC(O)Cn2c(NCc3ccco3)nc3c2c(=O)n(C)c(=O)n3C)cc1C. The molecule has 1 unspecified atom stereocenters. The number of hydrogen-bond donors (Lipinski definition) is 2. The monoisotopic (exact) mass is 453 g/mol. The van der Waals surface area contributed by atoms with Gasteiger partial charge in [-0.1, -0.05) is 6.07 Å². The van der Waals surface area contributed by atoms with E-state index in [0.717, 1.165) is 15.7 Å². The van der Waals surface area contributed by atoms with Crippen molar-refractivity contribution >= 4 is 17.1 Å². The minimum Gasteiger partial charge on any atom is -0.491 e. The smallest absolute Gasteiger partial charge is 0.332 e. The van der Waals surface area contributed by atoms with Crippen molar-refractivity contribution in [3.05, 3.63) is 74.3 Å². The number of aliphatic hydroxyl groups excluding tert-OH is 1. The maximum Gasteiger partial charge on any atom is 0.332 e. The van der Waals surface area contributed by atoms with Crippen LogP contribution in [0.2, 0.25) is 0 Å². The molecule has 0 saturated carbocycles. The molecular formula is C23H27N5O5. The summed E-state index contributed by atoms with van der Waals surface area (Å²) in [7, 11) is 2.97. The molecule has 0 aliphatic rings. The van der Waals surface area contributed by atoms with Crippen molar-refractivity contribution < 1.29 is 14.3 Å². The van der Waals surface area contributed by atoms with Gasteiger partial charge in [0, 0.05) is 14.1 Å². The first kappa shape index (κ1) is 22.4. The van der Waals surface area contributed by atoms with Gasteiger partial charge >= 0.3 is 5.69 Å². The summed E-state index contributed by atoms with van der Waals surface area (Å²) in [5.74, 6) is 1.67. The Balaban J connectivity index is 1.64. The van der Waals surface area contributed by atoms with E-state index in [9.17, 15) is 14.7 Å². The summed E-state index contributed by atoms with van der Waals surface area (Å²) in [5.41, 5.74) is 1.72. The van der Waals surface area contributed by atoms with Gasteiger partial charge in [-0.05, 0) is 49.2 Å². The second kappa shape index (κ2) is 8.99. The molecule has 0 aliphatic heterocycles. The van der Waals surface area contributed by atoms with Crippen molar-refractivity contribution in [2.24, 2.45) is 14.1 Å². The van der Waals surface area contributed by atoms with E-state index in [1.165, 1.54) is 11.6 Å². The van der Waals surface area contributed by atoms with E-state index in [-0.39, 0.29) is 24.3 Å². The lowest BCUT2D eigenvalue weighted by Gasteiger charge is -2.16. The van der Waals surface area contributed by atoms with Gasteiger partial charge in [-0.25, -0.2) is 4.79 Å². The zero-order chi connectivity index (χ0) is 23.7. The van der Waals surface area contributed by atoms with Crippen molar-refractivity contribution in [3.8, 4) is 5.75 Å². The highest BCUT2D eigenvalue weighted by Gasteiger charge is 2.21. The molecule has 0 radical (unpaired) electrons. The van der Waals surface area contributed by atoms with Crippen molar-refractivity contribution in [1.82, 2.24) is 18.7 Å². The van der Waals surface area contributed by atoms with E-state index in [2.05, 4.69) is 10.3 Å². The van der Waals surface area contributed by atoms with Crippen molar-refractivity contribution in [2.45, 2.75) is 33.0 Å². The molecule has 0 amide bonds. The van der Waals surface area contributed by atoms with Crippen LogP contribution in [0.3, 0.4) is 0 Å². The van der Waals surface area contributed by atoms with E-state index < -0.39 is 17.4 Å². The minimum absolute atomic E-state index is 0.0197. The first-order valence-electron chi connectivity index (χ1n) is 10.6. The van der Waals surface area contributed by atoms with Crippen molar-refractivity contribution in [2.75, 3.05) is 11.9 Å². The summed E-state index contributed by atoms with van der Waals surface area (Å²) >= 11 is 0. The molecule has 4 aromatic rings. The average Bonchev–Trinajstić information content (AvgIpc) is 3.44. The fraction of sp³-hybridized carbons (Fsp3) is 0.348. The maximum absolute atomic E-state index is 12.9. The molecule has 0 spiro atoms. The summed E-state index contributed by atoms with van der Waals surface area (Å²) in [6.45, 7) is 4.39. The number of aromatic nitrogens is 4. The van der Waals surface area contributed by atoms with Crippen LogP contribution in [0.15, 0.2) is 50.6 Å². The Kier molecular flexibility index (Phi) is 6.10. The average molecular weight is 453 g/mol. The summed E-state index contributed by atoms with van der Waals surface area (Å²) in [5, 5.41) is 13.9. The van der Waals surface area contributed by atoms with Crippen LogP contribution >= 0.6 is 0 Å². The number of ether oxygens (including phenoxy) is 1. The number of imidazole rings is 1. The minimum atomic E-state index is -0.935. The van der Waals surface area contributed by atoms with E-state index >= 15 is 0 Å². The molecule has 10 nitrogen and oxygen atoms in total. The molecule has 174 valence electrons. The fourth-order valence-corrected chi connectivity index (χ4v) is 3.60. The number of aryl methyl sites for hydroxylation is 3. The number of rotatable bonds is 8. The fourth-order valence-electron chi connectivity index (χ4n) is 3.60. The predicted molar refractivity (Wildman–Crippen MR) is 124 cm³/mol. The third-order valence-corrected chi connectivity index (χ3v) is 5.66. The number of fused-ring (bicyclic) bond motifs is 1. The van der Waals surface area contributed by atoms with Crippen LogP contribution in [0.4, 0.5) is 5.95 Å². The Morgan fingerprint density at radius 3 is 2.64 bits per heavy atom. The predicted octanol–water partition coefficient (Wildman–Crippen LogP) is 1.70. The number of hydrogen-bond acceptors (Lipinski definition) is 7. The number of nitrogens with one attached hydrogen (secondary N) is 1. The van der Waals surface area contributed by atoms with Gasteiger partial charge in [-0.2, -0.15) is 4.98 Å². The summed E-state index contributed by atoms with van der Waals surface area (Å²) < 4.78 is 15.0. The lowest BCUT2D eigenvalue weighted by atomic mass is 10.1. The van der Waals surface area contributed by atoms with Crippen LogP contribution in [-0.2, 0) is 27.2 Å². The van der Waals surface area contributed by atoms with Crippen molar-refractivity contribution in [1.29, 1.82) is 0 Å². The second-order valence-corrected chi connectivity index (χ2v) is 8.07. The topological polar surface area (TPSA) is 116 Å². The Bertz CT molecular complexity index is 1400. The van der Waals surface area contributed by atoms with Gasteiger partial charge < -0.3 is 24.1 Å². The van der Waals surface area contributed by atoms with Gasteiger partial charge in [0.25, 0.3) is 5.56 Å². The molecule has 4 rings (SSSR count). The van der Waals surface area contributed by atoms with E-state index in [4.69, 9.17) is 9.15 Å². The van der Waals surface area contributed by atoms with Crippen LogP contribution in [0.1, 0.15) is 16.9 Å². The quantitative estimate of drug-likeness (QED) is 0.417. The molecule has 10 heteroatoms. The highest BCUT2D eigenvalue weighted by Crippen LogP contribution is 2.19. The highest BCUT2D eigenvalue weighted by molar-refractivity contribution is 5.74. The third kappa shape index (κ3) is 4.42. The number of nitrogens with zero attached hydrogens (tertiary/aromatic N) is 4. The molecule has 33 heavy (non-hydrogen) atoms. The van der Waals surface area contributed by atoms with Gasteiger partial charge in [0.1, 0.15) is 24.2 Å². The van der Waals surface area contributed by atoms with Gasteiger partial charge in [0.2, 0.25) is 5.95 Å². The number of anilines is 1. The summed E-state index contributed by atoms with van der Waals surface area (Å²) in [6.07, 6.45) is 0.628. The Hall–Kier alpha value is -3.79. The van der Waals surface area contributed by atoms with Crippen molar-refractivity contribution in [3.63, 3.8) is 0 Å². The standard InChI is InChI=1S/C23H27N5O5/c1-14-7-8-17(10-15(14)2)33-13-16(29)12-28-19-20(26(3)23(31)27(4)21(19)30)25-22(28)24-11-18-6-5-9-32-18/h5-10,16,29H,11-13H2,1-4H3,(H,24,25). The zero-order valence-corrected chi connectivity index (χ0v) is 19.0. The van der Waals surface area contributed by atoms with E-state index in [1.54, 1.807) is 30.0 Å². The molecule has 0 saturated heterocycles. The molecule has 2 N–H and O–H groups in total. The molecule has 1 aromatic carbocycles. The zero-order valence-electron chi connectivity index (χ0n) is 19.0. The second-order valence-electron chi connectivity index (χ2n) is 8.07. The van der Waals surface area contributed by atoms with Crippen LogP contribution in [0, 0.1) is 13.8 Å². The van der Waals surface area contributed by atoms with Crippen LogP contribution in [0.5, 0.6) is 5.75 Å². The molecule has 0 aliphatic carbocycles. The third-order valence-electron chi connectivity index (χ3n) is 5.66. The summed E-state index contributed by atoms with van der Waals surface area (Å²) in [6, 6.07) is 9.30. The Labute approximate surface area is 189 Å². The number of benzene rings is 1. The lowest BCUT2D eigenvalue weighted by molar-refractivity contribution is 0.0937. The molecule has 1 atom stereocenters. The van der Waals surface area contributed by atoms with Crippen LogP contribution in [-0.4, -0.2) is 36.5 Å². The molecular weight excluding hydrogens is 426 g/mol. The van der Waals surface area contributed by atoms with E-state index in [0.29, 0.717) is 24.0 Å². The Morgan fingerprint density at radius 1 is 1.15 bits per heavy atom. The van der Waals surface area contributed by atoms with Gasteiger partial charge in [-0.15, -0.1) is 0 Å². The van der Waals surface area contributed by atoms with Gasteiger partial charge in [-0.3, -0.25) is 13.9 Å². The molecule has 3 aromatic heterocycles.